The lowest BCUT2D eigenvalue weighted by Gasteiger charge is -2.13. The van der Waals surface area contributed by atoms with E-state index in [1.807, 2.05) is 0 Å². The van der Waals surface area contributed by atoms with Crippen LogP contribution < -0.4 is 0 Å². The second-order valence-corrected chi connectivity index (χ2v) is 5.73. The molecule has 0 fully saturated rings. The molecule has 12 heavy (non-hydrogen) atoms. The molecule has 10 heteroatoms. The third-order valence-corrected chi connectivity index (χ3v) is 4.34. The first-order chi connectivity index (χ1) is 5.19. The molecule has 0 aliphatic heterocycles. The molecule has 0 radical (unpaired) electrons. The van der Waals surface area contributed by atoms with E-state index in [4.69, 9.17) is 24.8 Å². The van der Waals surface area contributed by atoms with Crippen LogP contribution in [0.4, 0.5) is 0 Å². The van der Waals surface area contributed by atoms with Crippen molar-refractivity contribution in [1.29, 1.82) is 0 Å². The molecule has 0 spiro atoms. The van der Waals surface area contributed by atoms with Crippen LogP contribution >= 0.6 is 15.2 Å². The SMILES string of the molecule is O=P(O)(O)C(C=NO)P(=O)(O)O. The predicted molar refractivity (Wildman–Crippen MR) is 38.2 cm³/mol. The van der Waals surface area contributed by atoms with Gasteiger partial charge in [-0.05, 0) is 0 Å². The van der Waals surface area contributed by atoms with Gasteiger partial charge >= 0.3 is 15.2 Å². The van der Waals surface area contributed by atoms with Crippen molar-refractivity contribution in [3.63, 3.8) is 0 Å². The van der Waals surface area contributed by atoms with Crippen molar-refractivity contribution in [2.45, 2.75) is 5.40 Å². The van der Waals surface area contributed by atoms with Crippen LogP contribution in [0, 0.1) is 0 Å². The molecule has 0 amide bonds. The molecule has 0 aromatic carbocycles. The number of hydrogen-bond acceptors (Lipinski definition) is 4. The topological polar surface area (TPSA) is 148 Å². The molecule has 0 heterocycles. The van der Waals surface area contributed by atoms with Gasteiger partial charge in [0, 0.05) is 0 Å². The molecule has 0 aromatic heterocycles. The minimum Gasteiger partial charge on any atom is -0.411 e. The first-order valence-electron chi connectivity index (χ1n) is 2.47. The summed E-state index contributed by atoms with van der Waals surface area (Å²) in [6.07, 6.45) is 0.113. The number of nitrogens with zero attached hydrogens (tertiary/aromatic N) is 1. The van der Waals surface area contributed by atoms with Crippen LogP contribution in [0.15, 0.2) is 5.16 Å². The van der Waals surface area contributed by atoms with E-state index in [0.29, 0.717) is 0 Å². The Kier molecular flexibility index (Phi) is 3.59. The Morgan fingerprint density at radius 2 is 1.42 bits per heavy atom. The van der Waals surface area contributed by atoms with Crippen LogP contribution in [-0.2, 0) is 9.13 Å². The van der Waals surface area contributed by atoms with Crippen molar-refractivity contribution in [2.24, 2.45) is 5.16 Å². The van der Waals surface area contributed by atoms with Crippen molar-refractivity contribution < 1.29 is 33.9 Å². The zero-order valence-electron chi connectivity index (χ0n) is 5.55. The highest BCUT2D eigenvalue weighted by Gasteiger charge is 2.42. The summed E-state index contributed by atoms with van der Waals surface area (Å²) in [7, 11) is -9.97. The van der Waals surface area contributed by atoms with E-state index in [1.54, 1.807) is 0 Å². The van der Waals surface area contributed by atoms with Gasteiger partial charge < -0.3 is 24.8 Å². The molecule has 0 bridgehead atoms. The van der Waals surface area contributed by atoms with Crippen molar-refractivity contribution in [3.05, 3.63) is 0 Å². The molecule has 0 aliphatic rings. The van der Waals surface area contributed by atoms with Crippen LogP contribution in [0.25, 0.3) is 0 Å². The maximum Gasteiger partial charge on any atom is 0.346 e. The Balaban J connectivity index is 4.96. The largest absolute Gasteiger partial charge is 0.411 e. The van der Waals surface area contributed by atoms with Crippen LogP contribution in [0.3, 0.4) is 0 Å². The van der Waals surface area contributed by atoms with Gasteiger partial charge in [-0.15, -0.1) is 5.16 Å². The summed E-state index contributed by atoms with van der Waals surface area (Å²) < 4.78 is 20.7. The highest BCUT2D eigenvalue weighted by atomic mass is 31.2. The Hall–Kier alpha value is -0.230. The van der Waals surface area contributed by atoms with Gasteiger partial charge in [-0.25, -0.2) is 0 Å². The van der Waals surface area contributed by atoms with Crippen molar-refractivity contribution in [2.75, 3.05) is 0 Å². The van der Waals surface area contributed by atoms with Gasteiger partial charge in [0.1, 0.15) is 0 Å². The molecule has 72 valence electrons. The molecule has 0 aliphatic carbocycles. The van der Waals surface area contributed by atoms with Gasteiger partial charge in [-0.2, -0.15) is 0 Å². The molecule has 0 unspecified atom stereocenters. The minimum absolute atomic E-state index is 0.113. The molecule has 8 nitrogen and oxygen atoms in total. The fourth-order valence-corrected chi connectivity index (χ4v) is 2.46. The summed E-state index contributed by atoms with van der Waals surface area (Å²) in [5.74, 6) is 0. The fourth-order valence-electron chi connectivity index (χ4n) is 0.429. The van der Waals surface area contributed by atoms with E-state index in [-0.39, 0.29) is 6.21 Å². The second kappa shape index (κ2) is 3.66. The standard InChI is InChI=1S/C2H7NO7P2/c4-3-1-2(11(5,6)7)12(8,9)10/h1-2,4H,(H2,5,6,7)(H2,8,9,10). The van der Waals surface area contributed by atoms with E-state index in [1.165, 1.54) is 0 Å². The fraction of sp³-hybridized carbons (Fsp3) is 0.500. The Morgan fingerprint density at radius 3 is 1.50 bits per heavy atom. The van der Waals surface area contributed by atoms with E-state index < -0.39 is 20.6 Å². The van der Waals surface area contributed by atoms with Gasteiger partial charge in [-0.3, -0.25) is 9.13 Å². The van der Waals surface area contributed by atoms with Crippen LogP contribution in [0.5, 0.6) is 0 Å². The van der Waals surface area contributed by atoms with E-state index in [2.05, 4.69) is 5.16 Å². The molecular formula is C2H7NO7P2. The van der Waals surface area contributed by atoms with Crippen LogP contribution in [0.1, 0.15) is 0 Å². The third kappa shape index (κ3) is 3.44. The molecular weight excluding hydrogens is 212 g/mol. The van der Waals surface area contributed by atoms with Gasteiger partial charge in [0.15, 0.2) is 0 Å². The summed E-state index contributed by atoms with van der Waals surface area (Å²) in [5.41, 5.74) is 0. The Bertz CT molecular complexity index is 239. The number of oxime groups is 1. The molecule has 0 rings (SSSR count). The maximum absolute atomic E-state index is 10.4. The summed E-state index contributed by atoms with van der Waals surface area (Å²) in [4.78, 5) is 33.4. The van der Waals surface area contributed by atoms with Crippen LogP contribution in [0.2, 0.25) is 0 Å². The lowest BCUT2D eigenvalue weighted by molar-refractivity contribution is 0.316. The molecule has 0 saturated heterocycles. The first kappa shape index (κ1) is 11.8. The van der Waals surface area contributed by atoms with Crippen LogP contribution in [-0.4, -0.2) is 36.4 Å². The summed E-state index contributed by atoms with van der Waals surface area (Å²) in [6, 6.07) is 0. The zero-order valence-corrected chi connectivity index (χ0v) is 7.34. The molecule has 0 aromatic rings. The van der Waals surface area contributed by atoms with Gasteiger partial charge in [0.25, 0.3) is 0 Å². The molecule has 0 saturated carbocycles. The molecule has 5 N–H and O–H groups in total. The number of hydrogen-bond donors (Lipinski definition) is 5. The second-order valence-electron chi connectivity index (χ2n) is 1.86. The quantitative estimate of drug-likeness (QED) is 0.179. The van der Waals surface area contributed by atoms with Crippen molar-refractivity contribution >= 4 is 21.4 Å². The highest BCUT2D eigenvalue weighted by molar-refractivity contribution is 7.72. The van der Waals surface area contributed by atoms with E-state index >= 15 is 0 Å². The minimum atomic E-state index is -4.99. The Labute approximate surface area is 66.9 Å². The highest BCUT2D eigenvalue weighted by Crippen LogP contribution is 2.58. The number of rotatable bonds is 3. The summed E-state index contributed by atoms with van der Waals surface area (Å²) in [6.45, 7) is 0. The van der Waals surface area contributed by atoms with Crippen molar-refractivity contribution in [3.8, 4) is 0 Å². The molecule has 0 atom stereocenters. The Morgan fingerprint density at radius 1 is 1.08 bits per heavy atom. The predicted octanol–water partition coefficient (Wildman–Crippen LogP) is -0.872. The normalized spacial score (nSPS) is 14.4. The monoisotopic (exact) mass is 219 g/mol. The summed E-state index contributed by atoms with van der Waals surface area (Å²) >= 11 is 0. The van der Waals surface area contributed by atoms with Gasteiger partial charge in [0.05, 0.1) is 6.21 Å². The van der Waals surface area contributed by atoms with Gasteiger partial charge in [0.2, 0.25) is 5.40 Å². The van der Waals surface area contributed by atoms with Gasteiger partial charge in [-0.1, -0.05) is 0 Å². The average Bonchev–Trinajstić information content (AvgIpc) is 1.77. The van der Waals surface area contributed by atoms with E-state index in [0.717, 1.165) is 0 Å². The maximum atomic E-state index is 10.4. The van der Waals surface area contributed by atoms with Crippen molar-refractivity contribution in [1.82, 2.24) is 0 Å². The first-order valence-corrected chi connectivity index (χ1v) is 5.84. The van der Waals surface area contributed by atoms with E-state index in [9.17, 15) is 9.13 Å². The average molecular weight is 219 g/mol. The summed E-state index contributed by atoms with van der Waals surface area (Å²) in [5, 5.41) is 7.63. The third-order valence-electron chi connectivity index (χ3n) is 0.889. The smallest absolute Gasteiger partial charge is 0.346 e. The lowest BCUT2D eigenvalue weighted by Crippen LogP contribution is -2.10. The lowest BCUT2D eigenvalue weighted by atomic mass is 10.9. The zero-order chi connectivity index (χ0) is 9.99.